The predicted molar refractivity (Wildman–Crippen MR) is 126 cm³/mol. The molecule has 0 aliphatic carbocycles. The van der Waals surface area contributed by atoms with Crippen LogP contribution in [0.2, 0.25) is 0 Å². The molecule has 0 spiro atoms. The summed E-state index contributed by atoms with van der Waals surface area (Å²) in [5.41, 5.74) is 0.680. The standard InChI is InChI=1S/C22H14Br2N2O5S/c23-19-11-14(10-15(13-25)22(28)26-16-6-8-17(27)9-7-16)12-20(24)21(19)31-32(29,30)18-4-2-1-3-5-18/h1-12,27H,(H,26,28)/b15-10+. The summed E-state index contributed by atoms with van der Waals surface area (Å²) in [7, 11) is -4.06. The van der Waals surface area contributed by atoms with E-state index in [2.05, 4.69) is 37.2 Å². The molecule has 3 aromatic rings. The van der Waals surface area contributed by atoms with E-state index in [-0.39, 0.29) is 22.0 Å². The van der Waals surface area contributed by atoms with Gasteiger partial charge < -0.3 is 14.6 Å². The van der Waals surface area contributed by atoms with Gasteiger partial charge in [0.05, 0.1) is 8.95 Å². The number of benzene rings is 3. The molecule has 0 heterocycles. The van der Waals surface area contributed by atoms with Crippen LogP contribution in [0.4, 0.5) is 5.69 Å². The Morgan fingerprint density at radius 3 is 2.19 bits per heavy atom. The lowest BCUT2D eigenvalue weighted by molar-refractivity contribution is -0.112. The minimum absolute atomic E-state index is 0.000408. The van der Waals surface area contributed by atoms with Gasteiger partial charge >= 0.3 is 10.1 Å². The smallest absolute Gasteiger partial charge is 0.339 e. The Balaban J connectivity index is 1.86. The quantitative estimate of drug-likeness (QED) is 0.179. The molecule has 0 atom stereocenters. The van der Waals surface area contributed by atoms with Gasteiger partial charge in [-0.3, -0.25) is 4.79 Å². The molecule has 0 radical (unpaired) electrons. The normalized spacial score (nSPS) is 11.5. The van der Waals surface area contributed by atoms with Crippen molar-refractivity contribution in [2.45, 2.75) is 4.90 Å². The molecule has 3 rings (SSSR count). The fraction of sp³-hybridized carbons (Fsp3) is 0. The molecule has 10 heteroatoms. The molecule has 0 fully saturated rings. The third kappa shape index (κ3) is 5.76. The highest BCUT2D eigenvalue weighted by molar-refractivity contribution is 9.11. The zero-order valence-corrected chi connectivity index (χ0v) is 20.1. The zero-order chi connectivity index (χ0) is 23.3. The topological polar surface area (TPSA) is 116 Å². The van der Waals surface area contributed by atoms with E-state index in [0.29, 0.717) is 20.2 Å². The third-order valence-corrected chi connectivity index (χ3v) is 6.46. The summed E-state index contributed by atoms with van der Waals surface area (Å²) in [6.45, 7) is 0. The molecule has 32 heavy (non-hydrogen) atoms. The number of nitrogens with one attached hydrogen (secondary N) is 1. The Morgan fingerprint density at radius 2 is 1.62 bits per heavy atom. The van der Waals surface area contributed by atoms with Crippen LogP contribution >= 0.6 is 31.9 Å². The summed E-state index contributed by atoms with van der Waals surface area (Å²) in [6, 6.07) is 18.4. The fourth-order valence-corrected chi connectivity index (χ4v) is 5.13. The Hall–Kier alpha value is -3.13. The molecule has 1 amide bonds. The minimum atomic E-state index is -4.06. The highest BCUT2D eigenvalue weighted by atomic mass is 79.9. The van der Waals surface area contributed by atoms with Gasteiger partial charge in [-0.15, -0.1) is 0 Å². The molecule has 0 aliphatic rings. The van der Waals surface area contributed by atoms with E-state index in [1.54, 1.807) is 18.2 Å². The van der Waals surface area contributed by atoms with Crippen LogP contribution in [0.5, 0.6) is 11.5 Å². The molecule has 0 saturated carbocycles. The van der Waals surface area contributed by atoms with E-state index in [4.69, 9.17) is 4.18 Å². The minimum Gasteiger partial charge on any atom is -0.508 e. The van der Waals surface area contributed by atoms with Crippen LogP contribution in [0.25, 0.3) is 6.08 Å². The summed E-state index contributed by atoms with van der Waals surface area (Å²) < 4.78 is 30.9. The van der Waals surface area contributed by atoms with Crippen LogP contribution in [0.15, 0.2) is 86.1 Å². The maximum absolute atomic E-state index is 12.5. The number of phenolic OH excluding ortho intramolecular Hbond substituents is 1. The van der Waals surface area contributed by atoms with E-state index >= 15 is 0 Å². The fourth-order valence-electron chi connectivity index (χ4n) is 2.55. The van der Waals surface area contributed by atoms with E-state index in [1.165, 1.54) is 54.6 Å². The molecule has 0 bridgehead atoms. The first-order chi connectivity index (χ1) is 15.2. The Bertz CT molecular complexity index is 1310. The van der Waals surface area contributed by atoms with Gasteiger partial charge in [0.1, 0.15) is 22.3 Å². The van der Waals surface area contributed by atoms with Crippen LogP contribution < -0.4 is 9.50 Å². The summed E-state index contributed by atoms with van der Waals surface area (Å²) in [6.07, 6.45) is 1.35. The van der Waals surface area contributed by atoms with Gasteiger partial charge in [0.15, 0.2) is 5.75 Å². The number of rotatable bonds is 6. The van der Waals surface area contributed by atoms with Crippen molar-refractivity contribution in [3.8, 4) is 17.6 Å². The molecule has 2 N–H and O–H groups in total. The van der Waals surface area contributed by atoms with E-state index in [1.807, 2.05) is 6.07 Å². The summed E-state index contributed by atoms with van der Waals surface area (Å²) in [5, 5.41) is 21.3. The van der Waals surface area contributed by atoms with Gasteiger partial charge in [-0.2, -0.15) is 13.7 Å². The number of halogens is 2. The first-order valence-electron chi connectivity index (χ1n) is 8.90. The van der Waals surface area contributed by atoms with Crippen molar-refractivity contribution < 1.29 is 22.5 Å². The van der Waals surface area contributed by atoms with Gasteiger partial charge in [0, 0.05) is 5.69 Å². The number of phenols is 1. The summed E-state index contributed by atoms with van der Waals surface area (Å²) >= 11 is 6.55. The highest BCUT2D eigenvalue weighted by Gasteiger charge is 2.20. The van der Waals surface area contributed by atoms with E-state index < -0.39 is 16.0 Å². The van der Waals surface area contributed by atoms with Crippen LogP contribution in [-0.2, 0) is 14.9 Å². The van der Waals surface area contributed by atoms with Crippen molar-refractivity contribution in [1.82, 2.24) is 0 Å². The number of carbonyl (C=O) groups excluding carboxylic acids is 1. The monoisotopic (exact) mass is 576 g/mol. The van der Waals surface area contributed by atoms with E-state index in [0.717, 1.165) is 0 Å². The third-order valence-electron chi connectivity index (χ3n) is 4.05. The molecule has 7 nitrogen and oxygen atoms in total. The molecular weight excluding hydrogens is 564 g/mol. The molecule has 162 valence electrons. The van der Waals surface area contributed by atoms with Crippen molar-refractivity contribution in [2.75, 3.05) is 5.32 Å². The van der Waals surface area contributed by atoms with Gasteiger partial charge in [-0.25, -0.2) is 0 Å². The second-order valence-corrected chi connectivity index (χ2v) is 9.59. The Morgan fingerprint density at radius 1 is 1.03 bits per heavy atom. The number of hydrogen-bond donors (Lipinski definition) is 2. The average Bonchev–Trinajstić information content (AvgIpc) is 2.77. The SMILES string of the molecule is N#C/C(=C\c1cc(Br)c(OS(=O)(=O)c2ccccc2)c(Br)c1)C(=O)Nc1ccc(O)cc1. The molecule has 0 aromatic heterocycles. The Labute approximate surface area is 201 Å². The lowest BCUT2D eigenvalue weighted by Crippen LogP contribution is -2.13. The van der Waals surface area contributed by atoms with Crippen molar-refractivity contribution in [2.24, 2.45) is 0 Å². The lowest BCUT2D eigenvalue weighted by atomic mass is 10.1. The van der Waals surface area contributed by atoms with E-state index in [9.17, 15) is 23.6 Å². The molecule has 3 aromatic carbocycles. The highest BCUT2D eigenvalue weighted by Crippen LogP contribution is 2.37. The van der Waals surface area contributed by atoms with Crippen molar-refractivity contribution in [1.29, 1.82) is 5.26 Å². The maximum atomic E-state index is 12.5. The number of nitriles is 1. The second kappa shape index (κ2) is 9.99. The number of amides is 1. The molecule has 0 aliphatic heterocycles. The number of carbonyl (C=O) groups is 1. The average molecular weight is 578 g/mol. The number of aromatic hydroxyl groups is 1. The van der Waals surface area contributed by atoms with Gasteiger partial charge in [-0.05, 0) is 92.0 Å². The molecule has 0 saturated heterocycles. The first kappa shape index (κ1) is 23.5. The van der Waals surface area contributed by atoms with Crippen LogP contribution in [0.3, 0.4) is 0 Å². The summed E-state index contributed by atoms with van der Waals surface area (Å²) in [4.78, 5) is 12.4. The van der Waals surface area contributed by atoms with Crippen molar-refractivity contribution >= 4 is 59.6 Å². The Kier molecular flexibility index (Phi) is 7.35. The van der Waals surface area contributed by atoms with Crippen LogP contribution in [0.1, 0.15) is 5.56 Å². The molecular formula is C22H14Br2N2O5S. The predicted octanol–water partition coefficient (Wildman–Crippen LogP) is 5.23. The number of hydrogen-bond acceptors (Lipinski definition) is 6. The largest absolute Gasteiger partial charge is 0.508 e. The number of anilines is 1. The van der Waals surface area contributed by atoms with Gasteiger partial charge in [0.2, 0.25) is 0 Å². The van der Waals surface area contributed by atoms with Crippen LogP contribution in [-0.4, -0.2) is 19.4 Å². The lowest BCUT2D eigenvalue weighted by Gasteiger charge is -2.11. The van der Waals surface area contributed by atoms with Gasteiger partial charge in [-0.1, -0.05) is 18.2 Å². The summed E-state index contributed by atoms with van der Waals surface area (Å²) in [5.74, 6) is -0.569. The van der Waals surface area contributed by atoms with Crippen LogP contribution in [0, 0.1) is 11.3 Å². The van der Waals surface area contributed by atoms with Crippen molar-refractivity contribution in [3.05, 3.63) is 86.8 Å². The zero-order valence-electron chi connectivity index (χ0n) is 16.1. The molecule has 0 unspecified atom stereocenters. The van der Waals surface area contributed by atoms with Crippen molar-refractivity contribution in [3.63, 3.8) is 0 Å². The number of nitrogens with zero attached hydrogens (tertiary/aromatic N) is 1. The first-order valence-corrected chi connectivity index (χ1v) is 11.9. The second-order valence-electron chi connectivity index (χ2n) is 6.33. The van der Waals surface area contributed by atoms with Gasteiger partial charge in [0.25, 0.3) is 5.91 Å². The maximum Gasteiger partial charge on any atom is 0.339 e.